The standard InChI is InChI=1S/C10H16N4O3/c1-5(2)7(9(12)15)14-4-13-6(8(14)11)10(16)17-3/h4-5,7H,11H2,1-3H3,(H2,12,15). The third-order valence-corrected chi connectivity index (χ3v) is 2.43. The van der Waals surface area contributed by atoms with Gasteiger partial charge in [-0.1, -0.05) is 13.8 Å². The number of imidazole rings is 1. The number of nitrogen functional groups attached to an aromatic ring is 1. The number of anilines is 1. The van der Waals surface area contributed by atoms with Crippen molar-refractivity contribution in [3.63, 3.8) is 0 Å². The first-order chi connectivity index (χ1) is 7.90. The molecule has 1 amide bonds. The average Bonchev–Trinajstić information content (AvgIpc) is 2.59. The quantitative estimate of drug-likeness (QED) is 0.715. The molecule has 0 saturated heterocycles. The molecule has 0 fully saturated rings. The van der Waals surface area contributed by atoms with Crippen LogP contribution in [0.4, 0.5) is 5.82 Å². The average molecular weight is 240 g/mol. The number of carbonyl (C=O) groups excluding carboxylic acids is 2. The van der Waals surface area contributed by atoms with Crippen LogP contribution < -0.4 is 11.5 Å². The largest absolute Gasteiger partial charge is 0.464 e. The van der Waals surface area contributed by atoms with Gasteiger partial charge in [-0.2, -0.15) is 0 Å². The Morgan fingerprint density at radius 3 is 2.47 bits per heavy atom. The lowest BCUT2D eigenvalue weighted by Gasteiger charge is -2.19. The van der Waals surface area contributed by atoms with Crippen molar-refractivity contribution in [2.24, 2.45) is 11.7 Å². The number of ether oxygens (including phenoxy) is 1. The van der Waals surface area contributed by atoms with Gasteiger partial charge in [0, 0.05) is 0 Å². The summed E-state index contributed by atoms with van der Waals surface area (Å²) in [5, 5.41) is 0. The molecule has 0 spiro atoms. The fourth-order valence-corrected chi connectivity index (χ4v) is 1.63. The summed E-state index contributed by atoms with van der Waals surface area (Å²) < 4.78 is 5.91. The Morgan fingerprint density at radius 1 is 1.47 bits per heavy atom. The van der Waals surface area contributed by atoms with Gasteiger partial charge in [-0.15, -0.1) is 0 Å². The van der Waals surface area contributed by atoms with Gasteiger partial charge in [0.15, 0.2) is 5.69 Å². The smallest absolute Gasteiger partial charge is 0.360 e. The third-order valence-electron chi connectivity index (χ3n) is 2.43. The first kappa shape index (κ1) is 13.0. The number of esters is 1. The molecule has 1 aromatic rings. The van der Waals surface area contributed by atoms with Gasteiger partial charge in [0.2, 0.25) is 5.91 Å². The molecule has 0 aliphatic heterocycles. The van der Waals surface area contributed by atoms with Crippen LogP contribution in [0.3, 0.4) is 0 Å². The van der Waals surface area contributed by atoms with Crippen molar-refractivity contribution in [2.75, 3.05) is 12.8 Å². The van der Waals surface area contributed by atoms with E-state index in [4.69, 9.17) is 11.5 Å². The van der Waals surface area contributed by atoms with Crippen LogP contribution in [0.2, 0.25) is 0 Å². The van der Waals surface area contributed by atoms with Crippen LogP contribution in [-0.4, -0.2) is 28.5 Å². The molecule has 0 radical (unpaired) electrons. The Hall–Kier alpha value is -2.05. The molecule has 4 N–H and O–H groups in total. The predicted molar refractivity (Wildman–Crippen MR) is 61.0 cm³/mol. The fourth-order valence-electron chi connectivity index (χ4n) is 1.63. The second-order valence-corrected chi connectivity index (χ2v) is 3.97. The molecule has 0 aliphatic rings. The van der Waals surface area contributed by atoms with E-state index in [2.05, 4.69) is 9.72 Å². The van der Waals surface area contributed by atoms with Crippen LogP contribution in [0.5, 0.6) is 0 Å². The van der Waals surface area contributed by atoms with Crippen LogP contribution in [0.25, 0.3) is 0 Å². The van der Waals surface area contributed by atoms with Crippen LogP contribution in [0.1, 0.15) is 30.4 Å². The van der Waals surface area contributed by atoms with Gasteiger partial charge >= 0.3 is 5.97 Å². The summed E-state index contributed by atoms with van der Waals surface area (Å²) >= 11 is 0. The van der Waals surface area contributed by atoms with Crippen molar-refractivity contribution in [2.45, 2.75) is 19.9 Å². The molecule has 7 heteroatoms. The van der Waals surface area contributed by atoms with Crippen molar-refractivity contribution in [1.29, 1.82) is 0 Å². The summed E-state index contributed by atoms with van der Waals surface area (Å²) in [5.74, 6) is -1.16. The van der Waals surface area contributed by atoms with Gasteiger partial charge in [0.1, 0.15) is 11.9 Å². The molecule has 0 aromatic carbocycles. The monoisotopic (exact) mass is 240 g/mol. The molecule has 7 nitrogen and oxygen atoms in total. The Kier molecular flexibility index (Phi) is 3.72. The van der Waals surface area contributed by atoms with Gasteiger partial charge in [-0.25, -0.2) is 9.78 Å². The summed E-state index contributed by atoms with van der Waals surface area (Å²) in [5.41, 5.74) is 11.0. The summed E-state index contributed by atoms with van der Waals surface area (Å²) in [6, 6.07) is -0.638. The van der Waals surface area contributed by atoms with Crippen molar-refractivity contribution in [3.8, 4) is 0 Å². The van der Waals surface area contributed by atoms with Crippen LogP contribution in [0, 0.1) is 5.92 Å². The van der Waals surface area contributed by atoms with Gasteiger partial charge in [-0.05, 0) is 5.92 Å². The van der Waals surface area contributed by atoms with Crippen molar-refractivity contribution >= 4 is 17.7 Å². The van der Waals surface area contributed by atoms with Gasteiger partial charge in [0.25, 0.3) is 0 Å². The molecule has 94 valence electrons. The van der Waals surface area contributed by atoms with E-state index in [-0.39, 0.29) is 17.4 Å². The number of methoxy groups -OCH3 is 1. The van der Waals surface area contributed by atoms with Crippen molar-refractivity contribution in [3.05, 3.63) is 12.0 Å². The fraction of sp³-hybridized carbons (Fsp3) is 0.500. The Bertz CT molecular complexity index is 439. The molecule has 1 unspecified atom stereocenters. The first-order valence-corrected chi connectivity index (χ1v) is 5.10. The third kappa shape index (κ3) is 2.38. The highest BCUT2D eigenvalue weighted by molar-refractivity contribution is 5.92. The number of carbonyl (C=O) groups is 2. The van der Waals surface area contributed by atoms with E-state index in [1.807, 2.05) is 13.8 Å². The molecule has 1 atom stereocenters. The Balaban J connectivity index is 3.19. The highest BCUT2D eigenvalue weighted by Crippen LogP contribution is 2.23. The predicted octanol–water partition coefficient (Wildman–Crippen LogP) is -0.0657. The molecule has 0 aliphatic carbocycles. The molecule has 1 rings (SSSR count). The van der Waals surface area contributed by atoms with E-state index in [1.54, 1.807) is 0 Å². The highest BCUT2D eigenvalue weighted by Gasteiger charge is 2.26. The topological polar surface area (TPSA) is 113 Å². The lowest BCUT2D eigenvalue weighted by molar-refractivity contribution is -0.122. The highest BCUT2D eigenvalue weighted by atomic mass is 16.5. The molecular weight excluding hydrogens is 224 g/mol. The number of aromatic nitrogens is 2. The second kappa shape index (κ2) is 4.86. The zero-order chi connectivity index (χ0) is 13.2. The molecular formula is C10H16N4O3. The number of nitrogens with two attached hydrogens (primary N) is 2. The van der Waals surface area contributed by atoms with E-state index < -0.39 is 17.9 Å². The number of nitrogens with zero attached hydrogens (tertiary/aromatic N) is 2. The first-order valence-electron chi connectivity index (χ1n) is 5.10. The lowest BCUT2D eigenvalue weighted by atomic mass is 10.0. The minimum Gasteiger partial charge on any atom is -0.464 e. The van der Waals surface area contributed by atoms with Crippen LogP contribution in [-0.2, 0) is 9.53 Å². The summed E-state index contributed by atoms with van der Waals surface area (Å²) in [6.45, 7) is 3.65. The van der Waals surface area contributed by atoms with Crippen molar-refractivity contribution < 1.29 is 14.3 Å². The second-order valence-electron chi connectivity index (χ2n) is 3.97. The zero-order valence-electron chi connectivity index (χ0n) is 10.0. The maximum Gasteiger partial charge on any atom is 0.360 e. The van der Waals surface area contributed by atoms with E-state index in [9.17, 15) is 9.59 Å². The molecule has 0 saturated carbocycles. The van der Waals surface area contributed by atoms with E-state index in [1.165, 1.54) is 18.0 Å². The van der Waals surface area contributed by atoms with Gasteiger partial charge in [0.05, 0.1) is 13.4 Å². The molecule has 17 heavy (non-hydrogen) atoms. The van der Waals surface area contributed by atoms with E-state index in [0.29, 0.717) is 0 Å². The minimum atomic E-state index is -0.645. The van der Waals surface area contributed by atoms with Gasteiger partial charge < -0.3 is 20.8 Å². The van der Waals surface area contributed by atoms with Crippen molar-refractivity contribution in [1.82, 2.24) is 9.55 Å². The van der Waals surface area contributed by atoms with Gasteiger partial charge in [-0.3, -0.25) is 4.79 Å². The zero-order valence-corrected chi connectivity index (χ0v) is 10.0. The molecule has 0 bridgehead atoms. The molecule has 1 aromatic heterocycles. The maximum absolute atomic E-state index is 11.3. The lowest BCUT2D eigenvalue weighted by Crippen LogP contribution is -2.31. The normalized spacial score (nSPS) is 12.5. The number of rotatable bonds is 4. The van der Waals surface area contributed by atoms with E-state index >= 15 is 0 Å². The summed E-state index contributed by atoms with van der Waals surface area (Å²) in [6.07, 6.45) is 1.32. The van der Waals surface area contributed by atoms with Crippen LogP contribution in [0.15, 0.2) is 6.33 Å². The van der Waals surface area contributed by atoms with E-state index in [0.717, 1.165) is 0 Å². The Morgan fingerprint density at radius 2 is 2.06 bits per heavy atom. The Labute approximate surface area is 98.7 Å². The SMILES string of the molecule is COC(=O)c1ncn(C(C(N)=O)C(C)C)c1N. The number of hydrogen-bond donors (Lipinski definition) is 2. The summed E-state index contributed by atoms with van der Waals surface area (Å²) in [7, 11) is 1.23. The minimum absolute atomic E-state index is 0.0144. The number of hydrogen-bond acceptors (Lipinski definition) is 5. The van der Waals surface area contributed by atoms with Crippen LogP contribution >= 0.6 is 0 Å². The maximum atomic E-state index is 11.3. The number of primary amides is 1. The number of amides is 1. The summed E-state index contributed by atoms with van der Waals surface area (Å²) in [4.78, 5) is 26.5. The molecule has 1 heterocycles.